The molecule has 0 amide bonds. The van der Waals surface area contributed by atoms with Gasteiger partial charge in [-0.15, -0.1) is 0 Å². The van der Waals surface area contributed by atoms with Crippen molar-refractivity contribution in [2.75, 3.05) is 27.3 Å². The number of aliphatic imine (C=N–C) groups is 1. The van der Waals surface area contributed by atoms with Crippen LogP contribution in [-0.4, -0.2) is 88.0 Å². The van der Waals surface area contributed by atoms with Crippen LogP contribution in [0, 0.1) is 11.3 Å². The highest BCUT2D eigenvalue weighted by molar-refractivity contribution is 7.44. The summed E-state index contributed by atoms with van der Waals surface area (Å²) in [5, 5.41) is 8.95. The smallest absolute Gasteiger partial charge is 0.354 e. The lowest BCUT2D eigenvalue weighted by atomic mass is 10.2. The fourth-order valence-corrected chi connectivity index (χ4v) is 5.26. The molecule has 1 aliphatic heterocycles. The molecule has 0 aromatic carbocycles. The molecule has 1 aromatic heterocycles. The second-order valence-corrected chi connectivity index (χ2v) is 10.3. The van der Waals surface area contributed by atoms with Gasteiger partial charge in [0.25, 0.3) is 14.5 Å². The molecule has 2 heterocycles. The third kappa shape index (κ3) is 8.87. The molecule has 1 fully saturated rings. The van der Waals surface area contributed by atoms with Crippen LogP contribution >= 0.6 is 8.53 Å². The first kappa shape index (κ1) is 29.7. The molecule has 13 nitrogen and oxygen atoms in total. The van der Waals surface area contributed by atoms with Gasteiger partial charge in [-0.25, -0.2) is 19.4 Å². The number of esters is 1. The zero-order chi connectivity index (χ0) is 26.8. The normalized spacial score (nSPS) is 20.9. The molecule has 0 N–H and O–H groups in total. The van der Waals surface area contributed by atoms with E-state index in [0.29, 0.717) is 0 Å². The van der Waals surface area contributed by atoms with E-state index >= 15 is 0 Å². The highest BCUT2D eigenvalue weighted by Crippen LogP contribution is 2.49. The molecule has 0 aliphatic carbocycles. The number of ether oxygens (including phenoxy) is 2. The third-order valence-corrected chi connectivity index (χ3v) is 7.10. The quantitative estimate of drug-likeness (QED) is 0.123. The number of hydrogen-bond donors (Lipinski definition) is 0. The number of rotatable bonds is 13. The van der Waals surface area contributed by atoms with Crippen LogP contribution in [0.5, 0.6) is 0 Å². The van der Waals surface area contributed by atoms with Gasteiger partial charge >= 0.3 is 11.7 Å². The SMILES string of the molecule is CC(=O)OCC1O[C@@H](n2cnc(N=CN(C)C)nc2=O)C[C@H]1OP(OCCC#N)N(C(C)C)C(C)C. The monoisotopic (exact) mass is 525 g/mol. The van der Waals surface area contributed by atoms with E-state index in [4.69, 9.17) is 23.8 Å². The maximum atomic E-state index is 12.7. The molecule has 1 aromatic rings. The fraction of sp³-hybridized carbons (Fsp3) is 0.727. The molecular formula is C22H36N7O6P. The summed E-state index contributed by atoms with van der Waals surface area (Å²) < 4.78 is 27.1. The molecule has 2 rings (SSSR count). The zero-order valence-electron chi connectivity index (χ0n) is 21.9. The topological polar surface area (TPSA) is 144 Å². The lowest BCUT2D eigenvalue weighted by molar-refractivity contribution is -0.147. The Bertz CT molecular complexity index is 972. The minimum absolute atomic E-state index is 0.0335. The van der Waals surface area contributed by atoms with Crippen LogP contribution in [0.3, 0.4) is 0 Å². The Morgan fingerprint density at radius 2 is 2.08 bits per heavy atom. The van der Waals surface area contributed by atoms with E-state index in [0.717, 1.165) is 0 Å². The van der Waals surface area contributed by atoms with E-state index in [9.17, 15) is 9.59 Å². The number of nitriles is 1. The van der Waals surface area contributed by atoms with Crippen molar-refractivity contribution < 1.29 is 23.3 Å². The minimum Gasteiger partial charge on any atom is -0.463 e. The van der Waals surface area contributed by atoms with Gasteiger partial charge in [0.15, 0.2) is 0 Å². The van der Waals surface area contributed by atoms with Crippen LogP contribution in [0.25, 0.3) is 0 Å². The van der Waals surface area contributed by atoms with E-state index in [1.54, 1.807) is 19.0 Å². The maximum absolute atomic E-state index is 12.7. The predicted octanol–water partition coefficient (Wildman–Crippen LogP) is 2.37. The van der Waals surface area contributed by atoms with Gasteiger partial charge in [-0.3, -0.25) is 9.36 Å². The van der Waals surface area contributed by atoms with Crippen LogP contribution in [0.2, 0.25) is 0 Å². The summed E-state index contributed by atoms with van der Waals surface area (Å²) in [5.41, 5.74) is -0.577. The van der Waals surface area contributed by atoms with Gasteiger partial charge in [0, 0.05) is 39.5 Å². The van der Waals surface area contributed by atoms with Crippen molar-refractivity contribution in [3.05, 3.63) is 16.8 Å². The molecule has 4 atom stereocenters. The summed E-state index contributed by atoms with van der Waals surface area (Å²) in [7, 11) is 2.01. The van der Waals surface area contributed by atoms with Gasteiger partial charge in [-0.2, -0.15) is 10.2 Å². The van der Waals surface area contributed by atoms with Gasteiger partial charge < -0.3 is 23.4 Å². The molecule has 36 heavy (non-hydrogen) atoms. The number of carbonyl (C=O) groups is 1. The largest absolute Gasteiger partial charge is 0.463 e. The molecule has 0 bridgehead atoms. The van der Waals surface area contributed by atoms with Crippen LogP contribution < -0.4 is 5.69 Å². The van der Waals surface area contributed by atoms with Gasteiger partial charge in [-0.1, -0.05) is 0 Å². The molecule has 1 aliphatic rings. The van der Waals surface area contributed by atoms with Gasteiger partial charge in [0.2, 0.25) is 0 Å². The number of carbonyl (C=O) groups excluding carboxylic acids is 1. The Kier molecular flexibility index (Phi) is 11.8. The zero-order valence-corrected chi connectivity index (χ0v) is 22.8. The summed E-state index contributed by atoms with van der Waals surface area (Å²) in [6, 6.07) is 2.29. The lowest BCUT2D eigenvalue weighted by Gasteiger charge is -2.37. The third-order valence-electron chi connectivity index (χ3n) is 4.95. The molecule has 200 valence electrons. The van der Waals surface area contributed by atoms with Crippen molar-refractivity contribution in [3.63, 3.8) is 0 Å². The lowest BCUT2D eigenvalue weighted by Crippen LogP contribution is -2.36. The molecule has 1 saturated heterocycles. The molecule has 0 spiro atoms. The molecule has 14 heteroatoms. The fourth-order valence-electron chi connectivity index (χ4n) is 3.50. The Morgan fingerprint density at radius 3 is 2.64 bits per heavy atom. The number of aromatic nitrogens is 3. The maximum Gasteiger partial charge on any atom is 0.354 e. The van der Waals surface area contributed by atoms with E-state index in [1.165, 1.54) is 24.2 Å². The summed E-state index contributed by atoms with van der Waals surface area (Å²) >= 11 is 0. The Morgan fingerprint density at radius 1 is 1.39 bits per heavy atom. The summed E-state index contributed by atoms with van der Waals surface area (Å²) in [6.45, 7) is 9.61. The Labute approximate surface area is 213 Å². The predicted molar refractivity (Wildman–Crippen MR) is 133 cm³/mol. The van der Waals surface area contributed by atoms with E-state index in [2.05, 4.69) is 25.7 Å². The standard InChI is InChI=1S/C22H36N7O6P/c1-15(2)29(16(3)4)36(33-10-8-9-23)35-18-11-20(34-19(18)12-32-17(5)30)28-14-25-21(26-22(28)31)24-13-27(6)7/h13-16,18-20H,8,10-12H2,1-7H3/t18-,19?,20-,36?/m1/s1. The van der Waals surface area contributed by atoms with Crippen LogP contribution in [0.15, 0.2) is 16.1 Å². The highest BCUT2D eigenvalue weighted by Gasteiger charge is 2.42. The van der Waals surface area contributed by atoms with Crippen molar-refractivity contribution >= 4 is 26.8 Å². The van der Waals surface area contributed by atoms with Crippen molar-refractivity contribution in [3.8, 4) is 6.07 Å². The molecule has 2 unspecified atom stereocenters. The van der Waals surface area contributed by atoms with Gasteiger partial charge in [0.1, 0.15) is 25.3 Å². The van der Waals surface area contributed by atoms with E-state index in [-0.39, 0.29) is 44.1 Å². The van der Waals surface area contributed by atoms with Crippen LogP contribution in [0.1, 0.15) is 53.7 Å². The van der Waals surface area contributed by atoms with Gasteiger partial charge in [0.05, 0.1) is 31.5 Å². The van der Waals surface area contributed by atoms with Crippen LogP contribution in [0.4, 0.5) is 5.95 Å². The summed E-state index contributed by atoms with van der Waals surface area (Å²) in [5.74, 6) is -0.422. The van der Waals surface area contributed by atoms with Crippen molar-refractivity contribution in [2.45, 2.75) is 78.0 Å². The first-order valence-corrected chi connectivity index (χ1v) is 12.9. The average molecular weight is 526 g/mol. The van der Waals surface area contributed by atoms with Crippen molar-refractivity contribution in [1.29, 1.82) is 5.26 Å². The highest BCUT2D eigenvalue weighted by atomic mass is 31.2. The van der Waals surface area contributed by atoms with Crippen LogP contribution in [-0.2, 0) is 23.3 Å². The molecule has 0 radical (unpaired) electrons. The molecular weight excluding hydrogens is 489 g/mol. The van der Waals surface area contributed by atoms with Crippen molar-refractivity contribution in [1.82, 2.24) is 24.1 Å². The number of hydrogen-bond acceptors (Lipinski definition) is 11. The van der Waals surface area contributed by atoms with E-state index < -0.39 is 38.6 Å². The molecule has 0 saturated carbocycles. The Hall–Kier alpha value is -2.49. The first-order valence-electron chi connectivity index (χ1n) is 11.7. The van der Waals surface area contributed by atoms with E-state index in [1.807, 2.05) is 27.7 Å². The summed E-state index contributed by atoms with van der Waals surface area (Å²) in [4.78, 5) is 37.9. The average Bonchev–Trinajstić information content (AvgIpc) is 3.18. The Balaban J connectivity index is 2.29. The first-order chi connectivity index (χ1) is 17.0. The minimum atomic E-state index is -1.57. The van der Waals surface area contributed by atoms with Crippen molar-refractivity contribution in [2.24, 2.45) is 4.99 Å². The number of nitrogens with zero attached hydrogens (tertiary/aromatic N) is 7. The second kappa shape index (κ2) is 14.3. The van der Waals surface area contributed by atoms with Gasteiger partial charge in [-0.05, 0) is 27.7 Å². The second-order valence-electron chi connectivity index (χ2n) is 8.91. The summed E-state index contributed by atoms with van der Waals surface area (Å²) in [6.07, 6.45) is 1.38.